The van der Waals surface area contributed by atoms with Crippen LogP contribution in [0.1, 0.15) is 55.7 Å². The van der Waals surface area contributed by atoms with Crippen LogP contribution in [0.15, 0.2) is 10.5 Å². The third kappa shape index (κ3) is 2.23. The van der Waals surface area contributed by atoms with Crippen LogP contribution in [0.4, 0.5) is 0 Å². The van der Waals surface area contributed by atoms with Gasteiger partial charge in [0.2, 0.25) is 0 Å². The Bertz CT molecular complexity index is 413. The summed E-state index contributed by atoms with van der Waals surface area (Å²) in [6.45, 7) is 7.52. The van der Waals surface area contributed by atoms with Crippen molar-refractivity contribution in [2.45, 2.75) is 52.5 Å². The van der Waals surface area contributed by atoms with Gasteiger partial charge in [0, 0.05) is 11.6 Å². The van der Waals surface area contributed by atoms with Crippen molar-refractivity contribution in [3.05, 3.63) is 23.2 Å². The standard InChI is InChI=1S/C16H25NO/c1-4-5-17-16(14-8-12-7-13(12)9-14)15-6-10(2)18-11(15)3/h6,12-14,16-17H,4-5,7-9H2,1-3H3. The second-order valence-electron chi connectivity index (χ2n) is 6.29. The third-order valence-electron chi connectivity index (χ3n) is 4.78. The number of furan rings is 1. The Morgan fingerprint density at radius 3 is 2.56 bits per heavy atom. The molecule has 1 aromatic heterocycles. The maximum Gasteiger partial charge on any atom is 0.105 e. The average molecular weight is 247 g/mol. The molecule has 1 aromatic rings. The van der Waals surface area contributed by atoms with E-state index in [-0.39, 0.29) is 0 Å². The van der Waals surface area contributed by atoms with E-state index in [1.807, 2.05) is 0 Å². The zero-order chi connectivity index (χ0) is 12.7. The average Bonchev–Trinajstić information content (AvgIpc) is 2.79. The largest absolute Gasteiger partial charge is 0.466 e. The van der Waals surface area contributed by atoms with Gasteiger partial charge in [0.25, 0.3) is 0 Å². The van der Waals surface area contributed by atoms with Crippen LogP contribution in [0.5, 0.6) is 0 Å². The SMILES string of the molecule is CCCNC(c1cc(C)oc1C)C1CC2CC2C1. The zero-order valence-electron chi connectivity index (χ0n) is 11.8. The van der Waals surface area contributed by atoms with Gasteiger partial charge in [-0.1, -0.05) is 6.92 Å². The van der Waals surface area contributed by atoms with E-state index in [2.05, 4.69) is 32.2 Å². The molecule has 0 radical (unpaired) electrons. The fourth-order valence-corrected chi connectivity index (χ4v) is 3.82. The fraction of sp³-hybridized carbons (Fsp3) is 0.750. The summed E-state index contributed by atoms with van der Waals surface area (Å²) >= 11 is 0. The predicted molar refractivity (Wildman–Crippen MR) is 73.5 cm³/mol. The molecule has 0 saturated heterocycles. The summed E-state index contributed by atoms with van der Waals surface area (Å²) in [4.78, 5) is 0. The van der Waals surface area contributed by atoms with E-state index >= 15 is 0 Å². The van der Waals surface area contributed by atoms with Gasteiger partial charge in [-0.25, -0.2) is 0 Å². The molecule has 0 spiro atoms. The zero-order valence-corrected chi connectivity index (χ0v) is 11.8. The number of hydrogen-bond donors (Lipinski definition) is 1. The van der Waals surface area contributed by atoms with Crippen LogP contribution in [-0.2, 0) is 0 Å². The second-order valence-corrected chi connectivity index (χ2v) is 6.29. The van der Waals surface area contributed by atoms with Gasteiger partial charge >= 0.3 is 0 Å². The minimum absolute atomic E-state index is 0.523. The summed E-state index contributed by atoms with van der Waals surface area (Å²) in [7, 11) is 0. The highest BCUT2D eigenvalue weighted by molar-refractivity contribution is 5.25. The Labute approximate surface area is 110 Å². The molecule has 0 amide bonds. The molecule has 2 aliphatic carbocycles. The molecule has 0 bridgehead atoms. The van der Waals surface area contributed by atoms with Crippen LogP contribution in [0, 0.1) is 31.6 Å². The lowest BCUT2D eigenvalue weighted by Gasteiger charge is -2.25. The van der Waals surface area contributed by atoms with E-state index in [1.165, 1.54) is 31.2 Å². The predicted octanol–water partition coefficient (Wildman–Crippen LogP) is 3.98. The van der Waals surface area contributed by atoms with E-state index in [0.29, 0.717) is 6.04 Å². The Morgan fingerprint density at radius 2 is 2.00 bits per heavy atom. The first-order valence-electron chi connectivity index (χ1n) is 7.49. The molecule has 2 aliphatic rings. The van der Waals surface area contributed by atoms with Crippen LogP contribution in [0.2, 0.25) is 0 Å². The fourth-order valence-electron chi connectivity index (χ4n) is 3.82. The number of rotatable bonds is 5. The van der Waals surface area contributed by atoms with Gasteiger partial charge in [0.05, 0.1) is 0 Å². The van der Waals surface area contributed by atoms with Crippen molar-refractivity contribution in [1.82, 2.24) is 5.32 Å². The molecule has 1 heterocycles. The van der Waals surface area contributed by atoms with Crippen molar-refractivity contribution >= 4 is 0 Å². The van der Waals surface area contributed by atoms with E-state index in [1.54, 1.807) is 0 Å². The summed E-state index contributed by atoms with van der Waals surface area (Å²) < 4.78 is 5.73. The van der Waals surface area contributed by atoms with Crippen molar-refractivity contribution < 1.29 is 4.42 Å². The van der Waals surface area contributed by atoms with Gasteiger partial charge < -0.3 is 9.73 Å². The smallest absolute Gasteiger partial charge is 0.105 e. The molecule has 3 unspecified atom stereocenters. The maximum atomic E-state index is 5.73. The minimum atomic E-state index is 0.523. The molecule has 3 atom stereocenters. The van der Waals surface area contributed by atoms with Crippen LogP contribution >= 0.6 is 0 Å². The van der Waals surface area contributed by atoms with Crippen LogP contribution < -0.4 is 5.32 Å². The highest BCUT2D eigenvalue weighted by Gasteiger charge is 2.48. The molecule has 0 aromatic carbocycles. The van der Waals surface area contributed by atoms with Gasteiger partial charge in [-0.15, -0.1) is 0 Å². The van der Waals surface area contributed by atoms with E-state index < -0.39 is 0 Å². The Kier molecular flexibility index (Phi) is 3.23. The molecule has 0 aliphatic heterocycles. The van der Waals surface area contributed by atoms with Crippen molar-refractivity contribution in [2.75, 3.05) is 6.54 Å². The molecule has 18 heavy (non-hydrogen) atoms. The van der Waals surface area contributed by atoms with Crippen molar-refractivity contribution in [2.24, 2.45) is 17.8 Å². The monoisotopic (exact) mass is 247 g/mol. The van der Waals surface area contributed by atoms with Crippen LogP contribution in [0.25, 0.3) is 0 Å². The summed E-state index contributed by atoms with van der Waals surface area (Å²) in [6, 6.07) is 2.77. The molecule has 1 N–H and O–H groups in total. The molecule has 2 heteroatoms. The third-order valence-corrected chi connectivity index (χ3v) is 4.78. The minimum Gasteiger partial charge on any atom is -0.466 e. The summed E-state index contributed by atoms with van der Waals surface area (Å²) in [6.07, 6.45) is 5.55. The van der Waals surface area contributed by atoms with Crippen molar-refractivity contribution in [1.29, 1.82) is 0 Å². The quantitative estimate of drug-likeness (QED) is 0.851. The molecule has 3 rings (SSSR count). The summed E-state index contributed by atoms with van der Waals surface area (Å²) in [5.41, 5.74) is 1.41. The van der Waals surface area contributed by atoms with E-state index in [9.17, 15) is 0 Å². The number of nitrogens with one attached hydrogen (secondary N) is 1. The first-order chi connectivity index (χ1) is 8.69. The van der Waals surface area contributed by atoms with Crippen LogP contribution in [0.3, 0.4) is 0 Å². The second kappa shape index (κ2) is 4.73. The maximum absolute atomic E-state index is 5.73. The first-order valence-corrected chi connectivity index (χ1v) is 7.49. The molecule has 2 nitrogen and oxygen atoms in total. The lowest BCUT2D eigenvalue weighted by molar-refractivity contribution is 0.337. The number of aryl methyl sites for hydroxylation is 2. The van der Waals surface area contributed by atoms with Gasteiger partial charge in [0.1, 0.15) is 11.5 Å². The van der Waals surface area contributed by atoms with Crippen molar-refractivity contribution in [3.63, 3.8) is 0 Å². The lowest BCUT2D eigenvalue weighted by atomic mass is 9.89. The molecule has 100 valence electrons. The molecule has 2 fully saturated rings. The Morgan fingerprint density at radius 1 is 1.28 bits per heavy atom. The lowest BCUT2D eigenvalue weighted by Crippen LogP contribution is -2.28. The van der Waals surface area contributed by atoms with Gasteiger partial charge in [-0.05, 0) is 69.9 Å². The normalized spacial score (nSPS) is 31.4. The van der Waals surface area contributed by atoms with Crippen molar-refractivity contribution in [3.8, 4) is 0 Å². The molecular weight excluding hydrogens is 222 g/mol. The van der Waals surface area contributed by atoms with Gasteiger partial charge in [0.15, 0.2) is 0 Å². The summed E-state index contributed by atoms with van der Waals surface area (Å²) in [5, 5.41) is 3.76. The van der Waals surface area contributed by atoms with E-state index in [0.717, 1.165) is 35.8 Å². The first kappa shape index (κ1) is 12.3. The number of hydrogen-bond acceptors (Lipinski definition) is 2. The number of fused-ring (bicyclic) bond motifs is 1. The van der Waals surface area contributed by atoms with Crippen LogP contribution in [-0.4, -0.2) is 6.54 Å². The highest BCUT2D eigenvalue weighted by atomic mass is 16.3. The highest BCUT2D eigenvalue weighted by Crippen LogP contribution is 2.57. The summed E-state index contributed by atoms with van der Waals surface area (Å²) in [5.74, 6) is 5.09. The van der Waals surface area contributed by atoms with Gasteiger partial charge in [-0.3, -0.25) is 0 Å². The Balaban J connectivity index is 1.78. The van der Waals surface area contributed by atoms with E-state index in [4.69, 9.17) is 4.42 Å². The molecule has 2 saturated carbocycles. The Hall–Kier alpha value is -0.760. The van der Waals surface area contributed by atoms with Gasteiger partial charge in [-0.2, -0.15) is 0 Å². The molecular formula is C16H25NO. The topological polar surface area (TPSA) is 25.2 Å².